The van der Waals surface area contributed by atoms with Crippen molar-refractivity contribution in [1.82, 2.24) is 5.32 Å². The first-order valence-corrected chi connectivity index (χ1v) is 4.17. The molecule has 68 valence electrons. The maximum Gasteiger partial charge on any atom is 0.121 e. The van der Waals surface area contributed by atoms with Gasteiger partial charge in [-0.3, -0.25) is 0 Å². The Morgan fingerprint density at radius 2 is 2.08 bits per heavy atom. The predicted octanol–water partition coefficient (Wildman–Crippen LogP) is 0.929. The van der Waals surface area contributed by atoms with Crippen LogP contribution in [0.3, 0.4) is 0 Å². The maximum absolute atomic E-state index is 8.77. The molecular weight excluding hydrogens is 162 g/mol. The van der Waals surface area contributed by atoms with E-state index in [-0.39, 0.29) is 6.04 Å². The molecule has 1 rings (SSSR count). The van der Waals surface area contributed by atoms with Gasteiger partial charge in [-0.1, -0.05) is 24.3 Å². The Labute approximate surface area is 78.2 Å². The van der Waals surface area contributed by atoms with Gasteiger partial charge in [-0.15, -0.1) is 0 Å². The zero-order chi connectivity index (χ0) is 9.68. The Kier molecular flexibility index (Phi) is 3.44. The summed E-state index contributed by atoms with van der Waals surface area (Å²) >= 11 is 0. The van der Waals surface area contributed by atoms with Crippen molar-refractivity contribution in [3.8, 4) is 6.07 Å². The molecule has 0 aromatic heterocycles. The Morgan fingerprint density at radius 1 is 1.46 bits per heavy atom. The molecule has 1 aromatic carbocycles. The molecule has 3 nitrogen and oxygen atoms in total. The Hall–Kier alpha value is -1.37. The Morgan fingerprint density at radius 3 is 2.46 bits per heavy atom. The van der Waals surface area contributed by atoms with Crippen LogP contribution >= 0.6 is 0 Å². The SMILES string of the molecule is CNC(C#N)c1ccc(CN)cc1. The third-order valence-electron chi connectivity index (χ3n) is 1.97. The number of hydrogen-bond acceptors (Lipinski definition) is 3. The normalized spacial score (nSPS) is 12.1. The molecular formula is C10H13N3. The van der Waals surface area contributed by atoms with Gasteiger partial charge in [0.2, 0.25) is 0 Å². The van der Waals surface area contributed by atoms with Crippen molar-refractivity contribution < 1.29 is 0 Å². The minimum atomic E-state index is -0.230. The molecule has 1 unspecified atom stereocenters. The summed E-state index contributed by atoms with van der Waals surface area (Å²) in [5, 5.41) is 11.7. The molecule has 0 spiro atoms. The van der Waals surface area contributed by atoms with Gasteiger partial charge in [-0.25, -0.2) is 0 Å². The highest BCUT2D eigenvalue weighted by Gasteiger charge is 2.05. The minimum Gasteiger partial charge on any atom is -0.326 e. The molecule has 1 aromatic rings. The summed E-state index contributed by atoms with van der Waals surface area (Å²) in [4.78, 5) is 0. The average Bonchev–Trinajstić information content (AvgIpc) is 2.21. The van der Waals surface area contributed by atoms with Crippen LogP contribution in [0.15, 0.2) is 24.3 Å². The number of nitrogens with zero attached hydrogens (tertiary/aromatic N) is 1. The summed E-state index contributed by atoms with van der Waals surface area (Å²) in [5.41, 5.74) is 7.51. The second kappa shape index (κ2) is 4.61. The Bertz CT molecular complexity index is 297. The van der Waals surface area contributed by atoms with Gasteiger partial charge in [0, 0.05) is 6.54 Å². The molecule has 0 radical (unpaired) electrons. The lowest BCUT2D eigenvalue weighted by Gasteiger charge is -2.07. The lowest BCUT2D eigenvalue weighted by molar-refractivity contribution is 0.726. The van der Waals surface area contributed by atoms with Crippen molar-refractivity contribution in [2.45, 2.75) is 12.6 Å². The molecule has 13 heavy (non-hydrogen) atoms. The zero-order valence-electron chi connectivity index (χ0n) is 7.62. The molecule has 0 heterocycles. The van der Waals surface area contributed by atoms with E-state index in [0.717, 1.165) is 11.1 Å². The van der Waals surface area contributed by atoms with Crippen LogP contribution < -0.4 is 11.1 Å². The number of benzene rings is 1. The molecule has 0 aliphatic rings. The van der Waals surface area contributed by atoms with Gasteiger partial charge in [0.25, 0.3) is 0 Å². The number of nitrogens with one attached hydrogen (secondary N) is 1. The van der Waals surface area contributed by atoms with Crippen LogP contribution in [0.5, 0.6) is 0 Å². The monoisotopic (exact) mass is 175 g/mol. The highest BCUT2D eigenvalue weighted by atomic mass is 14.9. The van der Waals surface area contributed by atoms with Crippen molar-refractivity contribution in [3.05, 3.63) is 35.4 Å². The van der Waals surface area contributed by atoms with Gasteiger partial charge in [0.1, 0.15) is 6.04 Å². The number of hydrogen-bond donors (Lipinski definition) is 2. The molecule has 0 aliphatic heterocycles. The van der Waals surface area contributed by atoms with Gasteiger partial charge in [-0.05, 0) is 18.2 Å². The molecule has 0 bridgehead atoms. The maximum atomic E-state index is 8.77. The summed E-state index contributed by atoms with van der Waals surface area (Å²) in [6.45, 7) is 0.539. The van der Waals surface area contributed by atoms with Gasteiger partial charge in [0.05, 0.1) is 6.07 Å². The molecule has 0 amide bonds. The molecule has 0 saturated heterocycles. The molecule has 0 saturated carbocycles. The van der Waals surface area contributed by atoms with Crippen molar-refractivity contribution in [2.24, 2.45) is 5.73 Å². The largest absolute Gasteiger partial charge is 0.326 e. The fourth-order valence-corrected chi connectivity index (χ4v) is 1.15. The molecule has 0 aliphatic carbocycles. The summed E-state index contributed by atoms with van der Waals surface area (Å²) in [6.07, 6.45) is 0. The third kappa shape index (κ3) is 2.28. The first-order valence-electron chi connectivity index (χ1n) is 4.17. The fourth-order valence-electron chi connectivity index (χ4n) is 1.15. The van der Waals surface area contributed by atoms with E-state index in [2.05, 4.69) is 11.4 Å². The van der Waals surface area contributed by atoms with Gasteiger partial charge >= 0.3 is 0 Å². The second-order valence-corrected chi connectivity index (χ2v) is 2.80. The highest BCUT2D eigenvalue weighted by molar-refractivity contribution is 5.27. The fraction of sp³-hybridized carbons (Fsp3) is 0.300. The number of rotatable bonds is 3. The number of nitrogens with two attached hydrogens (primary N) is 1. The summed E-state index contributed by atoms with van der Waals surface area (Å²) in [7, 11) is 1.77. The second-order valence-electron chi connectivity index (χ2n) is 2.80. The van der Waals surface area contributed by atoms with Crippen LogP contribution in [0, 0.1) is 11.3 Å². The van der Waals surface area contributed by atoms with Gasteiger partial charge < -0.3 is 11.1 Å². The van der Waals surface area contributed by atoms with E-state index in [0.29, 0.717) is 6.54 Å². The zero-order valence-corrected chi connectivity index (χ0v) is 7.62. The first-order chi connectivity index (χ1) is 6.31. The molecule has 3 N–H and O–H groups in total. The standard InChI is InChI=1S/C10H13N3/c1-13-10(7-12)9-4-2-8(6-11)3-5-9/h2-5,10,13H,6,11H2,1H3. The number of nitriles is 1. The minimum absolute atomic E-state index is 0.230. The van der Waals surface area contributed by atoms with Crippen molar-refractivity contribution in [2.75, 3.05) is 7.05 Å². The van der Waals surface area contributed by atoms with Crippen LogP contribution in [-0.2, 0) is 6.54 Å². The van der Waals surface area contributed by atoms with E-state index in [9.17, 15) is 0 Å². The summed E-state index contributed by atoms with van der Waals surface area (Å²) in [5.74, 6) is 0. The van der Waals surface area contributed by atoms with E-state index in [1.807, 2.05) is 24.3 Å². The van der Waals surface area contributed by atoms with Crippen LogP contribution in [0.25, 0.3) is 0 Å². The smallest absolute Gasteiger partial charge is 0.121 e. The van der Waals surface area contributed by atoms with Crippen LogP contribution in [0.1, 0.15) is 17.2 Å². The molecule has 0 fully saturated rings. The van der Waals surface area contributed by atoms with Gasteiger partial charge in [-0.2, -0.15) is 5.26 Å². The first kappa shape index (κ1) is 9.72. The van der Waals surface area contributed by atoms with E-state index in [1.165, 1.54) is 0 Å². The Balaban J connectivity index is 2.86. The average molecular weight is 175 g/mol. The van der Waals surface area contributed by atoms with Crippen molar-refractivity contribution in [3.63, 3.8) is 0 Å². The van der Waals surface area contributed by atoms with Gasteiger partial charge in [0.15, 0.2) is 0 Å². The highest BCUT2D eigenvalue weighted by Crippen LogP contribution is 2.12. The van der Waals surface area contributed by atoms with E-state index < -0.39 is 0 Å². The summed E-state index contributed by atoms with van der Waals surface area (Å²) < 4.78 is 0. The van der Waals surface area contributed by atoms with E-state index in [4.69, 9.17) is 11.0 Å². The third-order valence-corrected chi connectivity index (χ3v) is 1.97. The van der Waals surface area contributed by atoms with Crippen molar-refractivity contribution in [1.29, 1.82) is 5.26 Å². The van der Waals surface area contributed by atoms with E-state index in [1.54, 1.807) is 7.05 Å². The van der Waals surface area contributed by atoms with Crippen LogP contribution in [-0.4, -0.2) is 7.05 Å². The molecule has 3 heteroatoms. The van der Waals surface area contributed by atoms with E-state index >= 15 is 0 Å². The van der Waals surface area contributed by atoms with Crippen LogP contribution in [0.2, 0.25) is 0 Å². The lowest BCUT2D eigenvalue weighted by Crippen LogP contribution is -2.14. The predicted molar refractivity (Wildman–Crippen MR) is 51.7 cm³/mol. The van der Waals surface area contributed by atoms with Crippen molar-refractivity contribution >= 4 is 0 Å². The summed E-state index contributed by atoms with van der Waals surface area (Å²) in [6, 6.07) is 9.66. The lowest BCUT2D eigenvalue weighted by atomic mass is 10.1. The quantitative estimate of drug-likeness (QED) is 0.718. The molecule has 1 atom stereocenters. The topological polar surface area (TPSA) is 61.8 Å². The van der Waals surface area contributed by atoms with Crippen LogP contribution in [0.4, 0.5) is 0 Å².